The molecule has 0 aliphatic heterocycles. The van der Waals surface area contributed by atoms with E-state index in [2.05, 4.69) is 167 Å². The third-order valence-electron chi connectivity index (χ3n) is 19.0. The lowest BCUT2D eigenvalue weighted by atomic mass is 10.0. The molecule has 18 heteroatoms. The van der Waals surface area contributed by atoms with Crippen LogP contribution >= 0.6 is 15.6 Å². The average Bonchev–Trinajstić information content (AvgIpc) is 0.915. The van der Waals surface area contributed by atoms with Gasteiger partial charge in [0.25, 0.3) is 0 Å². The van der Waals surface area contributed by atoms with Crippen LogP contribution in [0, 0.1) is 0 Å². The quantitative estimate of drug-likeness (QED) is 0.0146. The summed E-state index contributed by atoms with van der Waals surface area (Å²) < 4.78 is 61.5. The Morgan fingerprint density at radius 2 is 0.442 bits per heavy atom. The van der Waals surface area contributed by atoms with Crippen molar-refractivity contribution in [1.29, 1.82) is 0 Å². The predicted octanol–water partition coefficient (Wildman–Crippen LogP) is 27.6. The maximum Gasteiger partial charge on any atom is 0.472 e. The number of aliphatic hydroxyl groups is 2. The normalized spacial score (nSPS) is 14.5. The zero-order valence-corrected chi connectivity index (χ0v) is 73.3. The van der Waals surface area contributed by atoms with Crippen LogP contribution in [0.1, 0.15) is 380 Å². The summed E-state index contributed by atoms with van der Waals surface area (Å²) in [4.78, 5) is 59.0. The Morgan fingerprint density at radius 1 is 0.248 bits per heavy atom. The molecule has 0 bridgehead atoms. The summed E-state index contributed by atoms with van der Waals surface area (Å²) in [7, 11) is -9.81. The molecule has 0 amide bonds. The number of phosphoric ester groups is 2. The first-order valence-electron chi connectivity index (χ1n) is 45.1. The number of hydrogen-bond acceptors (Lipinski definition) is 14. The molecule has 4 N–H and O–H groups in total. The van der Waals surface area contributed by atoms with E-state index in [1.165, 1.54) is 161 Å². The zero-order chi connectivity index (χ0) is 82.2. The van der Waals surface area contributed by atoms with Gasteiger partial charge in [0, 0.05) is 19.3 Å². The van der Waals surface area contributed by atoms with Crippen LogP contribution in [0.15, 0.2) is 146 Å². The second-order valence-corrected chi connectivity index (χ2v) is 32.9. The van der Waals surface area contributed by atoms with E-state index in [0.717, 1.165) is 161 Å². The van der Waals surface area contributed by atoms with Crippen molar-refractivity contribution in [1.82, 2.24) is 0 Å². The Balaban J connectivity index is 4.67. The van der Waals surface area contributed by atoms with Gasteiger partial charge in [-0.05, 0) is 154 Å². The van der Waals surface area contributed by atoms with Gasteiger partial charge in [-0.2, -0.15) is 0 Å². The standard InChI is InChI=1S/C95H164O16P2/c1-4-7-10-13-16-19-22-25-28-31-34-37-40-42-44-46-49-51-54-57-60-63-66-69-72-75-78-81-93(98)105-84-90(96)85-107-112(101,102)108-86-91(97)87-109-113(103,104)110-89-92(111-95(100)83-80-77-74-71-68-65-62-59-56-53-48-39-36-33-30-27-24-21-18-15-12-9-6-3)88-106-94(99)82-79-76-73-70-67-64-61-58-55-52-50-47-45-43-41-38-35-32-29-26-23-20-17-14-11-8-5-2/h16-21,25-30,34-39,42-45,53,56,90-92,96-97H,4-15,22-24,31-33,40-41,46-52,54-55,57-89H2,1-3H3,(H,101,102)(H,103,104)/b19-16-,20-17-,21-18-,28-25-,29-26-,30-27-,37-34-,38-35-,39-36-,44-42-,45-43-,56-53-. The molecular formula is C95H164O16P2. The van der Waals surface area contributed by atoms with Gasteiger partial charge in [0.2, 0.25) is 0 Å². The van der Waals surface area contributed by atoms with Crippen LogP contribution in [-0.2, 0) is 55.8 Å². The maximum absolute atomic E-state index is 13.1. The molecule has 0 spiro atoms. The SMILES string of the molecule is CCCCC/C=C\C/C=C\C/C=C\C/C=C\CCCCCCCCCCCCCC(=O)OCC(O)COP(=O)(O)OCC(O)COP(=O)(O)OCC(COC(=O)CCCCCCCCCCCCC/C=C\C/C=C\C/C=C\C/C=C\CCCCC)OC(=O)CCCCCCCCC/C=C\C/C=C\C/C=C\C/C=C\CCCCC. The minimum absolute atomic E-state index is 0.0884. The monoisotopic (exact) mass is 1620 g/mol. The first-order valence-corrected chi connectivity index (χ1v) is 48.1. The highest BCUT2D eigenvalue weighted by molar-refractivity contribution is 7.47. The van der Waals surface area contributed by atoms with Crippen LogP contribution in [0.2, 0.25) is 0 Å². The smallest absolute Gasteiger partial charge is 0.463 e. The molecule has 0 fully saturated rings. The first-order chi connectivity index (χ1) is 55.2. The van der Waals surface area contributed by atoms with E-state index in [4.69, 9.17) is 32.3 Å². The van der Waals surface area contributed by atoms with Gasteiger partial charge < -0.3 is 34.2 Å². The van der Waals surface area contributed by atoms with Crippen molar-refractivity contribution in [2.45, 2.75) is 399 Å². The number of carbonyl (C=O) groups is 3. The molecular weight excluding hydrogens is 1460 g/mol. The number of allylic oxidation sites excluding steroid dienone is 24. The summed E-state index contributed by atoms with van der Waals surface area (Å²) in [5.74, 6) is -1.59. The number of unbranched alkanes of at least 4 members (excludes halogenated alkanes) is 38. The number of hydrogen-bond donors (Lipinski definition) is 4. The summed E-state index contributed by atoms with van der Waals surface area (Å²) in [6.07, 6.45) is 109. The van der Waals surface area contributed by atoms with Crippen molar-refractivity contribution in [3.8, 4) is 0 Å². The molecule has 0 saturated carbocycles. The molecule has 0 saturated heterocycles. The predicted molar refractivity (Wildman–Crippen MR) is 473 cm³/mol. The maximum atomic E-state index is 13.1. The third-order valence-corrected chi connectivity index (χ3v) is 20.9. The van der Waals surface area contributed by atoms with Crippen LogP contribution in [0.3, 0.4) is 0 Å². The highest BCUT2D eigenvalue weighted by Gasteiger charge is 2.29. The van der Waals surface area contributed by atoms with Crippen molar-refractivity contribution in [2.75, 3.05) is 39.6 Å². The number of phosphoric acid groups is 2. The Hall–Kier alpha value is -4.57. The van der Waals surface area contributed by atoms with E-state index in [1.807, 2.05) is 0 Å². The van der Waals surface area contributed by atoms with Crippen LogP contribution in [0.5, 0.6) is 0 Å². The molecule has 16 nitrogen and oxygen atoms in total. The topological polar surface area (TPSA) is 231 Å². The molecule has 0 aliphatic carbocycles. The third kappa shape index (κ3) is 88.1. The van der Waals surface area contributed by atoms with Gasteiger partial charge >= 0.3 is 33.6 Å². The summed E-state index contributed by atoms with van der Waals surface area (Å²) in [5.41, 5.74) is 0. The number of ether oxygens (including phenoxy) is 3. The fourth-order valence-corrected chi connectivity index (χ4v) is 13.7. The van der Waals surface area contributed by atoms with Gasteiger partial charge in [-0.15, -0.1) is 0 Å². The highest BCUT2D eigenvalue weighted by atomic mass is 31.2. The van der Waals surface area contributed by atoms with Crippen molar-refractivity contribution in [3.05, 3.63) is 146 Å². The lowest BCUT2D eigenvalue weighted by Crippen LogP contribution is -2.30. The van der Waals surface area contributed by atoms with Crippen molar-refractivity contribution < 1.29 is 75.8 Å². The molecule has 0 radical (unpaired) electrons. The number of esters is 3. The Labute approximate surface area is 689 Å². The fraction of sp³-hybridized carbons (Fsp3) is 0.716. The minimum atomic E-state index is -4.95. The van der Waals surface area contributed by atoms with Crippen LogP contribution < -0.4 is 0 Å². The average molecular weight is 1620 g/mol. The molecule has 113 heavy (non-hydrogen) atoms. The fourth-order valence-electron chi connectivity index (χ4n) is 12.1. The summed E-state index contributed by atoms with van der Waals surface area (Å²) in [6, 6.07) is 0. The molecule has 0 rings (SSSR count). The molecule has 0 aromatic rings. The van der Waals surface area contributed by atoms with Gasteiger partial charge in [-0.3, -0.25) is 32.5 Å². The van der Waals surface area contributed by atoms with E-state index < -0.39 is 91.5 Å². The Kier molecular flexibility index (Phi) is 83.3. The van der Waals surface area contributed by atoms with E-state index >= 15 is 0 Å². The van der Waals surface area contributed by atoms with Gasteiger partial charge in [0.05, 0.1) is 26.4 Å². The van der Waals surface area contributed by atoms with Gasteiger partial charge in [-0.1, -0.05) is 353 Å². The number of rotatable bonds is 85. The van der Waals surface area contributed by atoms with Gasteiger partial charge in [0.1, 0.15) is 25.4 Å². The van der Waals surface area contributed by atoms with Crippen molar-refractivity contribution in [3.63, 3.8) is 0 Å². The van der Waals surface area contributed by atoms with Gasteiger partial charge in [-0.25, -0.2) is 9.13 Å². The second-order valence-electron chi connectivity index (χ2n) is 30.0. The summed E-state index contributed by atoms with van der Waals surface area (Å²) in [5, 5.41) is 20.7. The Bertz CT molecular complexity index is 2630. The van der Waals surface area contributed by atoms with E-state index in [9.17, 15) is 43.5 Å². The van der Waals surface area contributed by atoms with E-state index in [1.54, 1.807) is 0 Å². The molecule has 0 aromatic carbocycles. The van der Waals surface area contributed by atoms with E-state index in [-0.39, 0.29) is 19.3 Å². The highest BCUT2D eigenvalue weighted by Crippen LogP contribution is 2.45. The van der Waals surface area contributed by atoms with Gasteiger partial charge in [0.15, 0.2) is 6.10 Å². The van der Waals surface area contributed by atoms with Crippen LogP contribution in [0.4, 0.5) is 0 Å². The molecule has 0 aliphatic rings. The van der Waals surface area contributed by atoms with E-state index in [0.29, 0.717) is 19.3 Å². The van der Waals surface area contributed by atoms with Crippen LogP contribution in [-0.4, -0.2) is 95.9 Å². The van der Waals surface area contributed by atoms with Crippen LogP contribution in [0.25, 0.3) is 0 Å². The van der Waals surface area contributed by atoms with Crippen molar-refractivity contribution >= 4 is 33.6 Å². The molecule has 0 aromatic heterocycles. The lowest BCUT2D eigenvalue weighted by molar-refractivity contribution is -0.161. The second kappa shape index (κ2) is 86.8. The molecule has 650 valence electrons. The number of aliphatic hydroxyl groups excluding tert-OH is 2. The molecule has 5 atom stereocenters. The number of carbonyl (C=O) groups excluding carboxylic acids is 3. The molecule has 0 heterocycles. The van der Waals surface area contributed by atoms with Crippen molar-refractivity contribution in [2.24, 2.45) is 0 Å². The summed E-state index contributed by atoms with van der Waals surface area (Å²) >= 11 is 0. The minimum Gasteiger partial charge on any atom is -0.463 e. The lowest BCUT2D eigenvalue weighted by Gasteiger charge is -2.21. The Morgan fingerprint density at radius 3 is 0.699 bits per heavy atom. The first kappa shape index (κ1) is 108. The zero-order valence-electron chi connectivity index (χ0n) is 71.5. The summed E-state index contributed by atoms with van der Waals surface area (Å²) in [6.45, 7) is 2.62. The molecule has 5 unspecified atom stereocenters. The largest absolute Gasteiger partial charge is 0.472 e.